The highest BCUT2D eigenvalue weighted by atomic mass is 35.5. The highest BCUT2D eigenvalue weighted by Gasteiger charge is 2.23. The predicted octanol–water partition coefficient (Wildman–Crippen LogP) is 4.92. The van der Waals surface area contributed by atoms with Crippen molar-refractivity contribution in [2.45, 2.75) is 20.4 Å². The number of benzene rings is 2. The van der Waals surface area contributed by atoms with Gasteiger partial charge in [-0.25, -0.2) is 9.67 Å². The third-order valence-electron chi connectivity index (χ3n) is 6.29. The maximum atomic E-state index is 6.07. The fourth-order valence-corrected chi connectivity index (χ4v) is 4.57. The molecule has 0 unspecified atom stereocenters. The highest BCUT2D eigenvalue weighted by molar-refractivity contribution is 6.30. The van der Waals surface area contributed by atoms with E-state index in [4.69, 9.17) is 16.7 Å². The number of aryl methyl sites for hydroxylation is 1. The first kappa shape index (κ1) is 21.6. The molecule has 33 heavy (non-hydrogen) atoms. The normalized spacial score (nSPS) is 14.6. The van der Waals surface area contributed by atoms with Crippen molar-refractivity contribution < 1.29 is 0 Å². The Morgan fingerprint density at radius 2 is 1.55 bits per heavy atom. The molecule has 0 aliphatic carbocycles. The van der Waals surface area contributed by atoms with Crippen LogP contribution in [-0.2, 0) is 6.54 Å². The molecule has 6 nitrogen and oxygen atoms in total. The molecule has 1 aliphatic heterocycles. The molecule has 1 saturated heterocycles. The van der Waals surface area contributed by atoms with E-state index in [0.29, 0.717) is 0 Å². The molecule has 0 amide bonds. The minimum Gasteiger partial charge on any atom is -0.352 e. The number of hydrogen-bond acceptors (Lipinski definition) is 5. The summed E-state index contributed by atoms with van der Waals surface area (Å²) in [6, 6.07) is 18.1. The maximum Gasteiger partial charge on any atom is 0.155 e. The van der Waals surface area contributed by atoms with Gasteiger partial charge in [-0.1, -0.05) is 41.9 Å². The van der Waals surface area contributed by atoms with Gasteiger partial charge in [0.2, 0.25) is 0 Å². The summed E-state index contributed by atoms with van der Waals surface area (Å²) < 4.78 is 2.05. The van der Waals surface area contributed by atoms with Gasteiger partial charge in [0.25, 0.3) is 0 Å². The van der Waals surface area contributed by atoms with Crippen LogP contribution in [0, 0.1) is 13.8 Å². The van der Waals surface area contributed by atoms with E-state index < -0.39 is 0 Å². The third kappa shape index (κ3) is 4.49. The summed E-state index contributed by atoms with van der Waals surface area (Å²) in [5, 5.41) is 5.53. The van der Waals surface area contributed by atoms with Crippen molar-refractivity contribution in [3.63, 3.8) is 0 Å². The first-order valence-electron chi connectivity index (χ1n) is 11.2. The topological polar surface area (TPSA) is 50.1 Å². The van der Waals surface area contributed by atoms with Gasteiger partial charge in [-0.15, -0.1) is 0 Å². The number of para-hydroxylation sites is 1. The van der Waals surface area contributed by atoms with Crippen LogP contribution in [0.3, 0.4) is 0 Å². The fourth-order valence-electron chi connectivity index (χ4n) is 4.44. The van der Waals surface area contributed by atoms with Crippen molar-refractivity contribution in [1.82, 2.24) is 24.6 Å². The fraction of sp³-hybridized carbons (Fsp3) is 0.269. The lowest BCUT2D eigenvalue weighted by Gasteiger charge is -2.36. The molecule has 4 aromatic rings. The average Bonchev–Trinajstić information content (AvgIpc) is 3.14. The summed E-state index contributed by atoms with van der Waals surface area (Å²) in [6.07, 6.45) is 3.52. The van der Waals surface area contributed by atoms with E-state index in [0.717, 1.165) is 66.2 Å². The van der Waals surface area contributed by atoms with Gasteiger partial charge in [0.1, 0.15) is 5.69 Å². The van der Waals surface area contributed by atoms with Crippen LogP contribution >= 0.6 is 11.6 Å². The molecule has 0 radical (unpaired) electrons. The maximum absolute atomic E-state index is 6.07. The summed E-state index contributed by atoms with van der Waals surface area (Å²) in [4.78, 5) is 14.1. The Balaban J connectivity index is 1.30. The molecule has 2 aromatic heterocycles. The number of piperazine rings is 1. The van der Waals surface area contributed by atoms with Crippen molar-refractivity contribution in [1.29, 1.82) is 0 Å². The molecule has 1 aliphatic rings. The van der Waals surface area contributed by atoms with Crippen LogP contribution in [-0.4, -0.2) is 50.8 Å². The van der Waals surface area contributed by atoms with Crippen LogP contribution in [0.2, 0.25) is 5.02 Å². The van der Waals surface area contributed by atoms with E-state index in [-0.39, 0.29) is 0 Å². The standard InChI is InChI=1S/C26H27ClN6/c1-19-24(20(2)33(30-19)23-6-4-3-5-7-23)18-31-14-16-32(17-15-31)26-25(28-12-13-29-26)21-8-10-22(27)11-9-21/h3-13H,14-18H2,1-2H3. The largest absolute Gasteiger partial charge is 0.352 e. The SMILES string of the molecule is Cc1nn(-c2ccccc2)c(C)c1CN1CCN(c2nccnc2-c2ccc(Cl)cc2)CC1. The Hall–Kier alpha value is -3.22. The van der Waals surface area contributed by atoms with Crippen molar-refractivity contribution >= 4 is 17.4 Å². The second-order valence-electron chi connectivity index (χ2n) is 8.40. The zero-order chi connectivity index (χ0) is 22.8. The van der Waals surface area contributed by atoms with Crippen LogP contribution in [0.4, 0.5) is 5.82 Å². The van der Waals surface area contributed by atoms with Crippen LogP contribution in [0.25, 0.3) is 16.9 Å². The van der Waals surface area contributed by atoms with Gasteiger partial charge < -0.3 is 4.90 Å². The number of nitrogens with zero attached hydrogens (tertiary/aromatic N) is 6. The Morgan fingerprint density at radius 3 is 2.27 bits per heavy atom. The molecule has 2 aromatic carbocycles. The number of aromatic nitrogens is 4. The van der Waals surface area contributed by atoms with Crippen molar-refractivity contribution in [3.05, 3.63) is 89.0 Å². The van der Waals surface area contributed by atoms with Crippen molar-refractivity contribution in [2.24, 2.45) is 0 Å². The molecule has 0 N–H and O–H groups in total. The van der Waals surface area contributed by atoms with Crippen LogP contribution in [0.1, 0.15) is 17.0 Å². The minimum absolute atomic E-state index is 0.721. The van der Waals surface area contributed by atoms with Gasteiger partial charge in [0.15, 0.2) is 5.82 Å². The molecular weight excluding hydrogens is 432 g/mol. The second kappa shape index (κ2) is 9.33. The predicted molar refractivity (Wildman–Crippen MR) is 133 cm³/mol. The Morgan fingerprint density at radius 1 is 0.848 bits per heavy atom. The molecule has 0 saturated carbocycles. The Bertz CT molecular complexity index is 1230. The molecule has 0 bridgehead atoms. The molecule has 0 atom stereocenters. The lowest BCUT2D eigenvalue weighted by atomic mass is 10.1. The average molecular weight is 459 g/mol. The Labute approximate surface area is 199 Å². The highest BCUT2D eigenvalue weighted by Crippen LogP contribution is 2.29. The first-order chi connectivity index (χ1) is 16.1. The number of anilines is 1. The lowest BCUT2D eigenvalue weighted by molar-refractivity contribution is 0.248. The van der Waals surface area contributed by atoms with E-state index in [2.05, 4.69) is 62.6 Å². The zero-order valence-corrected chi connectivity index (χ0v) is 19.7. The number of rotatable bonds is 5. The van der Waals surface area contributed by atoms with Gasteiger partial charge in [-0.3, -0.25) is 9.88 Å². The summed E-state index contributed by atoms with van der Waals surface area (Å²) in [6.45, 7) is 8.92. The number of halogens is 1. The smallest absolute Gasteiger partial charge is 0.155 e. The zero-order valence-electron chi connectivity index (χ0n) is 18.9. The van der Waals surface area contributed by atoms with E-state index in [1.807, 2.05) is 30.3 Å². The summed E-state index contributed by atoms with van der Waals surface area (Å²) in [7, 11) is 0. The van der Waals surface area contributed by atoms with Crippen LogP contribution in [0.5, 0.6) is 0 Å². The van der Waals surface area contributed by atoms with E-state index in [1.54, 1.807) is 12.4 Å². The van der Waals surface area contributed by atoms with Gasteiger partial charge >= 0.3 is 0 Å². The second-order valence-corrected chi connectivity index (χ2v) is 8.83. The summed E-state index contributed by atoms with van der Waals surface area (Å²) in [5.74, 6) is 0.934. The number of hydrogen-bond donors (Lipinski definition) is 0. The summed E-state index contributed by atoms with van der Waals surface area (Å²) >= 11 is 6.07. The van der Waals surface area contributed by atoms with Gasteiger partial charge in [-0.05, 0) is 38.1 Å². The van der Waals surface area contributed by atoms with Gasteiger partial charge in [0.05, 0.1) is 11.4 Å². The van der Waals surface area contributed by atoms with Crippen molar-refractivity contribution in [2.75, 3.05) is 31.1 Å². The van der Waals surface area contributed by atoms with Gasteiger partial charge in [0, 0.05) is 67.0 Å². The molecule has 168 valence electrons. The summed E-state index contributed by atoms with van der Waals surface area (Å²) in [5.41, 5.74) is 6.65. The minimum atomic E-state index is 0.721. The first-order valence-corrected chi connectivity index (χ1v) is 11.6. The molecule has 0 spiro atoms. The van der Waals surface area contributed by atoms with Gasteiger partial charge in [-0.2, -0.15) is 5.10 Å². The van der Waals surface area contributed by atoms with Crippen molar-refractivity contribution in [3.8, 4) is 16.9 Å². The third-order valence-corrected chi connectivity index (χ3v) is 6.54. The molecule has 7 heteroatoms. The molecular formula is C26H27ClN6. The van der Waals surface area contributed by atoms with E-state index in [1.165, 1.54) is 11.3 Å². The molecule has 3 heterocycles. The quantitative estimate of drug-likeness (QED) is 0.424. The van der Waals surface area contributed by atoms with E-state index >= 15 is 0 Å². The van der Waals surface area contributed by atoms with Crippen LogP contribution in [0.15, 0.2) is 67.0 Å². The van der Waals surface area contributed by atoms with E-state index in [9.17, 15) is 0 Å². The Kier molecular flexibility index (Phi) is 6.11. The van der Waals surface area contributed by atoms with Crippen LogP contribution < -0.4 is 4.90 Å². The molecule has 5 rings (SSSR count). The monoisotopic (exact) mass is 458 g/mol. The lowest BCUT2D eigenvalue weighted by Crippen LogP contribution is -2.46. The molecule has 1 fully saturated rings.